The Labute approximate surface area is 139 Å². The fourth-order valence-electron chi connectivity index (χ4n) is 3.02. The quantitative estimate of drug-likeness (QED) is 0.806. The number of aromatic amines is 1. The van der Waals surface area contributed by atoms with Gasteiger partial charge in [0.15, 0.2) is 0 Å². The van der Waals surface area contributed by atoms with E-state index in [0.29, 0.717) is 12.8 Å². The Hall–Kier alpha value is -3.02. The molecule has 1 unspecified atom stereocenters. The lowest BCUT2D eigenvalue weighted by atomic mass is 10.00. The molecule has 1 aliphatic rings. The fourth-order valence-corrected chi connectivity index (χ4v) is 3.02. The maximum atomic E-state index is 12.4. The van der Waals surface area contributed by atoms with Gasteiger partial charge in [0.05, 0.1) is 28.5 Å². The molecule has 1 N–H and O–H groups in total. The Morgan fingerprint density at radius 1 is 1.25 bits per heavy atom. The van der Waals surface area contributed by atoms with E-state index in [0.717, 1.165) is 28.0 Å². The molecule has 0 saturated carbocycles. The molecule has 3 aromatic rings. The average Bonchev–Trinajstić information content (AvgIpc) is 3.30. The van der Waals surface area contributed by atoms with Gasteiger partial charge in [0.2, 0.25) is 5.91 Å². The molecule has 120 valence electrons. The number of aromatic nitrogens is 3. The lowest BCUT2D eigenvalue weighted by molar-refractivity contribution is -0.132. The van der Waals surface area contributed by atoms with Crippen LogP contribution in [-0.2, 0) is 4.79 Å². The normalized spacial score (nSPS) is 17.3. The Kier molecular flexibility index (Phi) is 3.57. The molecule has 0 radical (unpaired) electrons. The number of hydrogen-bond acceptors (Lipinski definition) is 4. The zero-order valence-electron chi connectivity index (χ0n) is 13.3. The summed E-state index contributed by atoms with van der Waals surface area (Å²) in [6.45, 7) is 1.85. The Balaban J connectivity index is 1.73. The average molecular weight is 319 g/mol. The zero-order valence-corrected chi connectivity index (χ0v) is 13.3. The van der Waals surface area contributed by atoms with Crippen LogP contribution in [0, 0.1) is 0 Å². The molecule has 4 rings (SSSR count). The lowest BCUT2D eigenvalue weighted by Crippen LogP contribution is -2.26. The molecule has 6 nitrogen and oxygen atoms in total. The highest BCUT2D eigenvalue weighted by Gasteiger charge is 2.32. The van der Waals surface area contributed by atoms with Crippen LogP contribution in [0.3, 0.4) is 0 Å². The monoisotopic (exact) mass is 319 g/mol. The maximum Gasteiger partial charge on any atom is 0.242 e. The molecular weight excluding hydrogens is 302 g/mol. The molecule has 1 atom stereocenters. The van der Waals surface area contributed by atoms with E-state index in [1.165, 1.54) is 0 Å². The molecule has 6 heteroatoms. The highest BCUT2D eigenvalue weighted by molar-refractivity contribution is 6.01. The molecule has 2 aromatic heterocycles. The van der Waals surface area contributed by atoms with Gasteiger partial charge in [-0.3, -0.25) is 14.8 Å². The van der Waals surface area contributed by atoms with Crippen molar-refractivity contribution in [3.05, 3.63) is 60.2 Å². The topological polar surface area (TPSA) is 74.2 Å². The second kappa shape index (κ2) is 5.88. The summed E-state index contributed by atoms with van der Waals surface area (Å²) in [6, 6.07) is 9.74. The van der Waals surface area contributed by atoms with Gasteiger partial charge in [-0.15, -0.1) is 0 Å². The van der Waals surface area contributed by atoms with Gasteiger partial charge in [0.25, 0.3) is 0 Å². The van der Waals surface area contributed by atoms with Crippen LogP contribution in [0.5, 0.6) is 0 Å². The second-order valence-electron chi connectivity index (χ2n) is 5.75. The number of carbonyl (C=O) groups is 1. The summed E-state index contributed by atoms with van der Waals surface area (Å²) in [5.74, 6) is 0.0146. The van der Waals surface area contributed by atoms with E-state index in [4.69, 9.17) is 0 Å². The summed E-state index contributed by atoms with van der Waals surface area (Å²) in [6.07, 6.45) is 6.32. The molecular formula is C18H17N5O. The van der Waals surface area contributed by atoms with Gasteiger partial charge in [-0.1, -0.05) is 13.0 Å². The summed E-state index contributed by atoms with van der Waals surface area (Å²) >= 11 is 0. The molecule has 1 aromatic carbocycles. The van der Waals surface area contributed by atoms with Crippen LogP contribution in [0.25, 0.3) is 11.0 Å². The van der Waals surface area contributed by atoms with E-state index in [9.17, 15) is 4.79 Å². The minimum Gasteiger partial charge on any atom is -0.360 e. The number of benzene rings is 1. The number of hydrogen-bond donors (Lipinski definition) is 1. The molecule has 0 bridgehead atoms. The third-order valence-electron chi connectivity index (χ3n) is 4.26. The smallest absolute Gasteiger partial charge is 0.242 e. The molecule has 0 saturated heterocycles. The predicted molar refractivity (Wildman–Crippen MR) is 91.4 cm³/mol. The first-order valence-electron chi connectivity index (χ1n) is 8.00. The standard InChI is InChI=1S/C18H17N5O/c1-2-18(24)23-17(11-16(22-23)13-4-3-7-19-13)12-5-6-14-15(10-12)21-9-8-20-14/h3-10,17,19H,2,11H2,1H3. The third-order valence-corrected chi connectivity index (χ3v) is 4.26. The van der Waals surface area contributed by atoms with Crippen LogP contribution >= 0.6 is 0 Å². The van der Waals surface area contributed by atoms with Crippen LogP contribution in [0.2, 0.25) is 0 Å². The number of hydrazone groups is 1. The van der Waals surface area contributed by atoms with E-state index in [1.54, 1.807) is 17.4 Å². The van der Waals surface area contributed by atoms with Crippen LogP contribution in [0.4, 0.5) is 0 Å². The van der Waals surface area contributed by atoms with Gasteiger partial charge in [0.1, 0.15) is 0 Å². The van der Waals surface area contributed by atoms with Crippen molar-refractivity contribution in [2.75, 3.05) is 0 Å². The molecule has 1 aliphatic heterocycles. The van der Waals surface area contributed by atoms with Gasteiger partial charge >= 0.3 is 0 Å². The van der Waals surface area contributed by atoms with E-state index in [1.807, 2.05) is 43.5 Å². The Bertz CT molecular complexity index is 916. The molecule has 0 fully saturated rings. The highest BCUT2D eigenvalue weighted by atomic mass is 16.2. The van der Waals surface area contributed by atoms with Gasteiger partial charge < -0.3 is 4.98 Å². The number of nitrogens with zero attached hydrogens (tertiary/aromatic N) is 4. The third kappa shape index (κ3) is 2.46. The first kappa shape index (κ1) is 14.6. The zero-order chi connectivity index (χ0) is 16.5. The summed E-state index contributed by atoms with van der Waals surface area (Å²) in [4.78, 5) is 24.2. The van der Waals surface area contributed by atoms with Gasteiger partial charge in [-0.25, -0.2) is 5.01 Å². The van der Waals surface area contributed by atoms with Crippen molar-refractivity contribution in [2.24, 2.45) is 5.10 Å². The van der Waals surface area contributed by atoms with E-state index < -0.39 is 0 Å². The van der Waals surface area contributed by atoms with Crippen LogP contribution in [0.15, 0.2) is 54.0 Å². The number of amides is 1. The molecule has 0 spiro atoms. The van der Waals surface area contributed by atoms with Crippen LogP contribution in [-0.4, -0.2) is 31.6 Å². The van der Waals surface area contributed by atoms with Crippen molar-refractivity contribution in [2.45, 2.75) is 25.8 Å². The number of rotatable bonds is 3. The first-order valence-corrected chi connectivity index (χ1v) is 8.00. The Morgan fingerprint density at radius 2 is 2.08 bits per heavy atom. The van der Waals surface area contributed by atoms with Crippen LogP contribution in [0.1, 0.15) is 37.1 Å². The second-order valence-corrected chi connectivity index (χ2v) is 5.75. The predicted octanol–water partition coefficient (Wildman–Crippen LogP) is 3.05. The van der Waals surface area contributed by atoms with Gasteiger partial charge in [-0.2, -0.15) is 5.10 Å². The van der Waals surface area contributed by atoms with Crippen molar-refractivity contribution in [3.8, 4) is 0 Å². The van der Waals surface area contributed by atoms with Crippen LogP contribution < -0.4 is 0 Å². The summed E-state index contributed by atoms with van der Waals surface area (Å²) < 4.78 is 0. The number of H-pyrrole nitrogens is 1. The van der Waals surface area contributed by atoms with E-state index in [-0.39, 0.29) is 11.9 Å². The highest BCUT2D eigenvalue weighted by Crippen LogP contribution is 2.33. The summed E-state index contributed by atoms with van der Waals surface area (Å²) in [5, 5.41) is 6.18. The Morgan fingerprint density at radius 3 is 2.83 bits per heavy atom. The lowest BCUT2D eigenvalue weighted by Gasteiger charge is -2.21. The van der Waals surface area contributed by atoms with Crippen molar-refractivity contribution in [1.82, 2.24) is 20.0 Å². The molecule has 24 heavy (non-hydrogen) atoms. The summed E-state index contributed by atoms with van der Waals surface area (Å²) in [5.41, 5.74) is 4.54. The molecule has 0 aliphatic carbocycles. The maximum absolute atomic E-state index is 12.4. The minimum atomic E-state index is -0.109. The van der Waals surface area contributed by atoms with E-state index in [2.05, 4.69) is 20.1 Å². The van der Waals surface area contributed by atoms with Crippen molar-refractivity contribution >= 4 is 22.7 Å². The van der Waals surface area contributed by atoms with Crippen molar-refractivity contribution in [1.29, 1.82) is 0 Å². The fraction of sp³-hybridized carbons (Fsp3) is 0.222. The number of fused-ring (bicyclic) bond motifs is 1. The number of carbonyl (C=O) groups excluding carboxylic acids is 1. The van der Waals surface area contributed by atoms with Gasteiger partial charge in [0, 0.05) is 31.4 Å². The van der Waals surface area contributed by atoms with Gasteiger partial charge in [-0.05, 0) is 29.8 Å². The summed E-state index contributed by atoms with van der Waals surface area (Å²) in [7, 11) is 0. The minimum absolute atomic E-state index is 0.0146. The SMILES string of the molecule is CCC(=O)N1N=C(c2ccc[nH]2)CC1c1ccc2nccnc2c1. The first-order chi connectivity index (χ1) is 11.8. The van der Waals surface area contributed by atoms with Crippen molar-refractivity contribution < 1.29 is 4.79 Å². The largest absolute Gasteiger partial charge is 0.360 e. The molecule has 1 amide bonds. The van der Waals surface area contributed by atoms with E-state index >= 15 is 0 Å². The molecule has 3 heterocycles. The van der Waals surface area contributed by atoms with Crippen molar-refractivity contribution in [3.63, 3.8) is 0 Å². The number of nitrogens with one attached hydrogen (secondary N) is 1.